The smallest absolute Gasteiger partial charge is 0.250 e. The highest BCUT2D eigenvalue weighted by molar-refractivity contribution is 5.88. The number of hydrogen-bond donors (Lipinski definition) is 0. The lowest BCUT2D eigenvalue weighted by Gasteiger charge is -2.17. The third-order valence-corrected chi connectivity index (χ3v) is 1.37. The van der Waals surface area contributed by atoms with E-state index in [0.29, 0.717) is 5.92 Å². The molecule has 0 saturated heterocycles. The molecule has 0 aliphatic heterocycles. The van der Waals surface area contributed by atoms with E-state index in [9.17, 15) is 4.79 Å². The molecule has 0 unspecified atom stereocenters. The second-order valence-electron chi connectivity index (χ2n) is 3.07. The molecule has 1 amide bonds. The van der Waals surface area contributed by atoms with E-state index in [1.54, 1.807) is 23.3 Å². The lowest BCUT2D eigenvalue weighted by molar-refractivity contribution is -0.124. The molecule has 0 rings (SSSR count). The molecule has 14 heavy (non-hydrogen) atoms. The second kappa shape index (κ2) is 10.0. The number of carbonyl (C=O) groups is 1. The zero-order chi connectivity index (χ0) is 11.6. The van der Waals surface area contributed by atoms with Crippen LogP contribution >= 0.6 is 0 Å². The summed E-state index contributed by atoms with van der Waals surface area (Å²) in [6.45, 7) is 14.3. The van der Waals surface area contributed by atoms with Gasteiger partial charge in [-0.1, -0.05) is 40.3 Å². The molecule has 2 nitrogen and oxygen atoms in total. The zero-order valence-electron chi connectivity index (χ0n) is 10.1. The molecule has 0 aromatic rings. The maximum atomic E-state index is 11.3. The monoisotopic (exact) mass is 197 g/mol. The molecule has 0 heterocycles. The molecule has 0 aliphatic rings. The van der Waals surface area contributed by atoms with Gasteiger partial charge in [0.25, 0.3) is 0 Å². The highest BCUT2D eigenvalue weighted by Gasteiger charge is 2.07. The molecule has 0 spiro atoms. The van der Waals surface area contributed by atoms with Gasteiger partial charge in [0.05, 0.1) is 0 Å². The van der Waals surface area contributed by atoms with Crippen LogP contribution in [-0.4, -0.2) is 17.4 Å². The fourth-order valence-electron chi connectivity index (χ4n) is 0.886. The number of amides is 1. The van der Waals surface area contributed by atoms with E-state index in [-0.39, 0.29) is 5.91 Å². The van der Waals surface area contributed by atoms with Gasteiger partial charge in [0.15, 0.2) is 0 Å². The van der Waals surface area contributed by atoms with Crippen LogP contribution in [0.4, 0.5) is 0 Å². The first-order chi connectivity index (χ1) is 6.61. The molecule has 2 heteroatoms. The van der Waals surface area contributed by atoms with Crippen molar-refractivity contribution < 1.29 is 4.79 Å². The Labute approximate surface area is 88.3 Å². The van der Waals surface area contributed by atoms with Gasteiger partial charge in [0.1, 0.15) is 0 Å². The van der Waals surface area contributed by atoms with Crippen molar-refractivity contribution >= 4 is 5.91 Å². The van der Waals surface area contributed by atoms with E-state index in [2.05, 4.69) is 20.4 Å². The first-order valence-corrected chi connectivity index (χ1v) is 5.17. The Hall–Kier alpha value is -1.05. The van der Waals surface area contributed by atoms with Crippen LogP contribution in [0, 0.1) is 5.92 Å². The number of hydrogen-bond acceptors (Lipinski definition) is 1. The van der Waals surface area contributed by atoms with Gasteiger partial charge < -0.3 is 4.90 Å². The van der Waals surface area contributed by atoms with E-state index >= 15 is 0 Å². The fraction of sp³-hybridized carbons (Fsp3) is 0.583. The molecule has 0 N–H and O–H groups in total. The Morgan fingerprint density at radius 1 is 1.43 bits per heavy atom. The van der Waals surface area contributed by atoms with E-state index in [4.69, 9.17) is 0 Å². The van der Waals surface area contributed by atoms with Crippen molar-refractivity contribution in [1.82, 2.24) is 4.90 Å². The van der Waals surface area contributed by atoms with Crippen LogP contribution in [0.15, 0.2) is 24.9 Å². The molecule has 0 aromatic carbocycles. The Bertz CT molecular complexity index is 183. The van der Waals surface area contributed by atoms with Gasteiger partial charge in [-0.3, -0.25) is 4.79 Å². The highest BCUT2D eigenvalue weighted by atomic mass is 16.2. The van der Waals surface area contributed by atoms with Crippen molar-refractivity contribution in [2.75, 3.05) is 6.54 Å². The molecule has 0 atom stereocenters. The predicted octanol–water partition coefficient (Wildman–Crippen LogP) is 3.22. The number of rotatable bonds is 4. The minimum absolute atomic E-state index is 0.00111. The third-order valence-electron chi connectivity index (χ3n) is 1.37. The topological polar surface area (TPSA) is 20.3 Å². The molecule has 0 aromatic heterocycles. The Morgan fingerprint density at radius 3 is 2.21 bits per heavy atom. The average Bonchev–Trinajstić information content (AvgIpc) is 2.17. The second-order valence-corrected chi connectivity index (χ2v) is 3.07. The van der Waals surface area contributed by atoms with Gasteiger partial charge in [-0.2, -0.15) is 0 Å². The largest absolute Gasteiger partial charge is 0.316 e. The van der Waals surface area contributed by atoms with Crippen LogP contribution in [0.5, 0.6) is 0 Å². The van der Waals surface area contributed by atoms with Crippen molar-refractivity contribution in [2.24, 2.45) is 5.92 Å². The minimum Gasteiger partial charge on any atom is -0.316 e. The quantitative estimate of drug-likeness (QED) is 0.634. The lowest BCUT2D eigenvalue weighted by atomic mass is 10.2. The SMILES string of the molecule is C=CN(CC(C)C)C(=O)/C=C\C.CC. The summed E-state index contributed by atoms with van der Waals surface area (Å²) in [5, 5.41) is 0. The maximum absolute atomic E-state index is 11.3. The van der Waals surface area contributed by atoms with E-state index in [1.165, 1.54) is 0 Å². The van der Waals surface area contributed by atoms with Crippen molar-refractivity contribution in [1.29, 1.82) is 0 Å². The molecule has 0 fully saturated rings. The van der Waals surface area contributed by atoms with Gasteiger partial charge in [-0.05, 0) is 25.1 Å². The third kappa shape index (κ3) is 7.59. The zero-order valence-corrected chi connectivity index (χ0v) is 10.1. The van der Waals surface area contributed by atoms with E-state index in [1.807, 2.05) is 20.8 Å². The van der Waals surface area contributed by atoms with Crippen LogP contribution in [0.1, 0.15) is 34.6 Å². The first-order valence-electron chi connectivity index (χ1n) is 5.17. The van der Waals surface area contributed by atoms with Gasteiger partial charge >= 0.3 is 0 Å². The summed E-state index contributed by atoms with van der Waals surface area (Å²) in [7, 11) is 0. The number of carbonyl (C=O) groups excluding carboxylic acids is 1. The Balaban J connectivity index is 0. The molecule has 0 radical (unpaired) electrons. The van der Waals surface area contributed by atoms with Crippen LogP contribution < -0.4 is 0 Å². The maximum Gasteiger partial charge on any atom is 0.250 e. The van der Waals surface area contributed by atoms with Crippen LogP contribution in [0.3, 0.4) is 0 Å². The summed E-state index contributed by atoms with van der Waals surface area (Å²) >= 11 is 0. The standard InChI is InChI=1S/C10H17NO.C2H6/c1-5-7-10(12)11(6-2)8-9(3)4;1-2/h5-7,9H,2,8H2,1,3-4H3;1-2H3/b7-5-;. The summed E-state index contributed by atoms with van der Waals surface area (Å²) in [6, 6.07) is 0. The van der Waals surface area contributed by atoms with Crippen LogP contribution in [-0.2, 0) is 4.79 Å². The number of allylic oxidation sites excluding steroid dienone is 1. The summed E-state index contributed by atoms with van der Waals surface area (Å²) in [4.78, 5) is 12.9. The van der Waals surface area contributed by atoms with Gasteiger partial charge in [-0.25, -0.2) is 0 Å². The molecule has 0 aliphatic carbocycles. The minimum atomic E-state index is 0.00111. The first kappa shape index (κ1) is 15.4. The van der Waals surface area contributed by atoms with Crippen molar-refractivity contribution in [2.45, 2.75) is 34.6 Å². The fourth-order valence-corrected chi connectivity index (χ4v) is 0.886. The molecule has 0 saturated carbocycles. The average molecular weight is 197 g/mol. The Kier molecular flexibility index (Phi) is 11.1. The van der Waals surface area contributed by atoms with Crippen molar-refractivity contribution in [3.05, 3.63) is 24.9 Å². The van der Waals surface area contributed by atoms with Crippen molar-refractivity contribution in [3.63, 3.8) is 0 Å². The predicted molar refractivity (Wildman–Crippen MR) is 62.9 cm³/mol. The number of nitrogens with zero attached hydrogens (tertiary/aromatic N) is 1. The highest BCUT2D eigenvalue weighted by Crippen LogP contribution is 1.99. The molecular formula is C12H23NO. The van der Waals surface area contributed by atoms with E-state index in [0.717, 1.165) is 6.54 Å². The van der Waals surface area contributed by atoms with Gasteiger partial charge in [-0.15, -0.1) is 0 Å². The normalized spacial score (nSPS) is 9.57. The summed E-state index contributed by atoms with van der Waals surface area (Å²) in [5.74, 6) is 0.471. The molecular weight excluding hydrogens is 174 g/mol. The van der Waals surface area contributed by atoms with E-state index < -0.39 is 0 Å². The van der Waals surface area contributed by atoms with Crippen LogP contribution in [0.2, 0.25) is 0 Å². The van der Waals surface area contributed by atoms with Gasteiger partial charge in [0.2, 0.25) is 5.91 Å². The summed E-state index contributed by atoms with van der Waals surface area (Å²) < 4.78 is 0. The molecule has 82 valence electrons. The Morgan fingerprint density at radius 2 is 1.93 bits per heavy atom. The molecule has 0 bridgehead atoms. The van der Waals surface area contributed by atoms with Gasteiger partial charge in [0, 0.05) is 6.54 Å². The summed E-state index contributed by atoms with van der Waals surface area (Å²) in [6.07, 6.45) is 4.85. The summed E-state index contributed by atoms with van der Waals surface area (Å²) in [5.41, 5.74) is 0. The van der Waals surface area contributed by atoms with Crippen LogP contribution in [0.25, 0.3) is 0 Å². The van der Waals surface area contributed by atoms with Crippen molar-refractivity contribution in [3.8, 4) is 0 Å². The lowest BCUT2D eigenvalue weighted by Crippen LogP contribution is -2.27.